The zero-order valence-corrected chi connectivity index (χ0v) is 17.1. The molecule has 2 aliphatic rings. The minimum absolute atomic E-state index is 0.0220. The van der Waals surface area contributed by atoms with Crippen molar-refractivity contribution in [2.75, 3.05) is 16.8 Å². The van der Waals surface area contributed by atoms with Crippen molar-refractivity contribution in [3.05, 3.63) is 46.5 Å². The SMILES string of the molecule is Cc1nc(N2C[C@@H]3C[C@H]2c2ccc(F)cc23)nc(C)c1NC(=O)CC(C)(C)C. The summed E-state index contributed by atoms with van der Waals surface area (Å²) in [6, 6.07) is 5.29. The molecule has 1 aromatic carbocycles. The van der Waals surface area contributed by atoms with E-state index in [9.17, 15) is 9.18 Å². The first-order valence-electron chi connectivity index (χ1n) is 9.83. The Morgan fingerprint density at radius 2 is 1.89 bits per heavy atom. The van der Waals surface area contributed by atoms with Crippen molar-refractivity contribution in [2.24, 2.45) is 5.41 Å². The number of benzene rings is 1. The number of aryl methyl sites for hydroxylation is 2. The fourth-order valence-corrected chi connectivity index (χ4v) is 4.45. The van der Waals surface area contributed by atoms with E-state index in [4.69, 9.17) is 9.97 Å². The van der Waals surface area contributed by atoms with Crippen LogP contribution in [0.1, 0.15) is 68.1 Å². The van der Waals surface area contributed by atoms with E-state index in [0.29, 0.717) is 24.0 Å². The number of amides is 1. The molecule has 2 bridgehead atoms. The smallest absolute Gasteiger partial charge is 0.226 e. The molecule has 0 radical (unpaired) electrons. The predicted molar refractivity (Wildman–Crippen MR) is 108 cm³/mol. The van der Waals surface area contributed by atoms with Gasteiger partial charge in [-0.1, -0.05) is 26.8 Å². The van der Waals surface area contributed by atoms with Crippen molar-refractivity contribution in [1.82, 2.24) is 9.97 Å². The van der Waals surface area contributed by atoms with Crippen molar-refractivity contribution in [3.8, 4) is 0 Å². The molecule has 0 saturated carbocycles. The third-order valence-corrected chi connectivity index (χ3v) is 5.62. The maximum absolute atomic E-state index is 13.6. The van der Waals surface area contributed by atoms with Gasteiger partial charge in [0.1, 0.15) is 5.82 Å². The molecule has 28 heavy (non-hydrogen) atoms. The molecule has 1 aliphatic heterocycles. The number of hydrogen-bond acceptors (Lipinski definition) is 4. The van der Waals surface area contributed by atoms with Crippen LogP contribution in [0.25, 0.3) is 0 Å². The van der Waals surface area contributed by atoms with Crippen LogP contribution in [0, 0.1) is 25.1 Å². The summed E-state index contributed by atoms with van der Waals surface area (Å²) >= 11 is 0. The molecule has 148 valence electrons. The molecular weight excluding hydrogens is 355 g/mol. The van der Waals surface area contributed by atoms with Gasteiger partial charge in [0, 0.05) is 18.9 Å². The van der Waals surface area contributed by atoms with Gasteiger partial charge in [0.25, 0.3) is 0 Å². The quantitative estimate of drug-likeness (QED) is 0.839. The molecule has 1 aromatic heterocycles. The average molecular weight is 382 g/mol. The number of halogens is 1. The lowest BCUT2D eigenvalue weighted by Crippen LogP contribution is -2.29. The molecular formula is C22H27FN4O. The van der Waals surface area contributed by atoms with Crippen LogP contribution < -0.4 is 10.2 Å². The third-order valence-electron chi connectivity index (χ3n) is 5.62. The molecule has 1 amide bonds. The molecule has 2 heterocycles. The highest BCUT2D eigenvalue weighted by Gasteiger charge is 2.43. The first-order chi connectivity index (χ1) is 13.1. The van der Waals surface area contributed by atoms with Crippen LogP contribution in [0.15, 0.2) is 18.2 Å². The Kier molecular flexibility index (Phi) is 4.40. The Bertz CT molecular complexity index is 927. The van der Waals surface area contributed by atoms with Crippen molar-refractivity contribution in [3.63, 3.8) is 0 Å². The minimum Gasteiger partial charge on any atom is -0.333 e. The van der Waals surface area contributed by atoms with Gasteiger partial charge < -0.3 is 10.2 Å². The number of fused-ring (bicyclic) bond motifs is 5. The topological polar surface area (TPSA) is 58.1 Å². The Morgan fingerprint density at radius 3 is 2.54 bits per heavy atom. The van der Waals surface area contributed by atoms with Gasteiger partial charge in [-0.05, 0) is 48.9 Å². The van der Waals surface area contributed by atoms with E-state index in [0.717, 1.165) is 29.9 Å². The summed E-state index contributed by atoms with van der Waals surface area (Å²) < 4.78 is 13.6. The maximum Gasteiger partial charge on any atom is 0.226 e. The summed E-state index contributed by atoms with van der Waals surface area (Å²) in [7, 11) is 0. The molecule has 1 fully saturated rings. The van der Waals surface area contributed by atoms with E-state index in [2.05, 4.69) is 10.2 Å². The van der Waals surface area contributed by atoms with Crippen LogP contribution >= 0.6 is 0 Å². The minimum atomic E-state index is -0.170. The summed E-state index contributed by atoms with van der Waals surface area (Å²) in [5.74, 6) is 0.819. The van der Waals surface area contributed by atoms with E-state index in [-0.39, 0.29) is 23.2 Å². The average Bonchev–Trinajstić information content (AvgIpc) is 3.15. The summed E-state index contributed by atoms with van der Waals surface area (Å²) in [6.45, 7) is 10.7. The second kappa shape index (κ2) is 6.54. The molecule has 6 heteroatoms. The lowest BCUT2D eigenvalue weighted by molar-refractivity contribution is -0.117. The number of nitrogens with one attached hydrogen (secondary N) is 1. The summed E-state index contributed by atoms with van der Waals surface area (Å²) in [5.41, 5.74) is 4.47. The van der Waals surface area contributed by atoms with Crippen LogP contribution in [0.2, 0.25) is 0 Å². The second-order valence-corrected chi connectivity index (χ2v) is 9.23. The van der Waals surface area contributed by atoms with Crippen molar-refractivity contribution in [2.45, 2.75) is 59.4 Å². The van der Waals surface area contributed by atoms with Gasteiger partial charge in [0.2, 0.25) is 11.9 Å². The largest absolute Gasteiger partial charge is 0.333 e. The van der Waals surface area contributed by atoms with E-state index < -0.39 is 0 Å². The van der Waals surface area contributed by atoms with Crippen LogP contribution in [0.3, 0.4) is 0 Å². The zero-order valence-electron chi connectivity index (χ0n) is 17.1. The number of rotatable bonds is 3. The standard InChI is InChI=1S/C22H27FN4O/c1-12-20(26-19(28)10-22(3,4)5)13(2)25-21(24-12)27-11-14-8-18(27)16-7-6-15(23)9-17(14)16/h6-7,9,14,18H,8,10-11H2,1-5H3,(H,26,28)/t14-,18-/m0/s1. The van der Waals surface area contributed by atoms with Gasteiger partial charge in [-0.15, -0.1) is 0 Å². The third kappa shape index (κ3) is 3.36. The van der Waals surface area contributed by atoms with Crippen molar-refractivity contribution < 1.29 is 9.18 Å². The first-order valence-corrected chi connectivity index (χ1v) is 9.83. The zero-order chi connectivity index (χ0) is 20.2. The number of hydrogen-bond donors (Lipinski definition) is 1. The fraction of sp³-hybridized carbons (Fsp3) is 0.500. The Morgan fingerprint density at radius 1 is 1.21 bits per heavy atom. The number of carbonyl (C=O) groups is 1. The number of anilines is 2. The van der Waals surface area contributed by atoms with Crippen molar-refractivity contribution in [1.29, 1.82) is 0 Å². The predicted octanol–water partition coefficient (Wildman–Crippen LogP) is 4.66. The van der Waals surface area contributed by atoms with Crippen LogP contribution in [0.5, 0.6) is 0 Å². The van der Waals surface area contributed by atoms with Crippen LogP contribution in [-0.2, 0) is 4.79 Å². The van der Waals surface area contributed by atoms with Gasteiger partial charge >= 0.3 is 0 Å². The highest BCUT2D eigenvalue weighted by Crippen LogP contribution is 2.51. The van der Waals surface area contributed by atoms with Gasteiger partial charge in [0.05, 0.1) is 23.1 Å². The molecule has 2 aromatic rings. The van der Waals surface area contributed by atoms with Gasteiger partial charge in [-0.3, -0.25) is 4.79 Å². The molecule has 4 rings (SSSR count). The molecule has 0 unspecified atom stereocenters. The maximum atomic E-state index is 13.6. The molecule has 2 atom stereocenters. The number of aromatic nitrogens is 2. The summed E-state index contributed by atoms with van der Waals surface area (Å²) in [4.78, 5) is 24.0. The molecule has 5 nitrogen and oxygen atoms in total. The first kappa shape index (κ1) is 18.8. The normalized spacial score (nSPS) is 20.4. The fourth-order valence-electron chi connectivity index (χ4n) is 4.45. The lowest BCUT2D eigenvalue weighted by Gasteiger charge is -2.30. The molecule has 1 N–H and O–H groups in total. The Labute approximate surface area is 165 Å². The molecule has 1 saturated heterocycles. The van der Waals surface area contributed by atoms with E-state index in [1.807, 2.05) is 40.7 Å². The monoisotopic (exact) mass is 382 g/mol. The number of carbonyl (C=O) groups excluding carboxylic acids is 1. The molecule has 0 spiro atoms. The highest BCUT2D eigenvalue weighted by atomic mass is 19.1. The van der Waals surface area contributed by atoms with E-state index >= 15 is 0 Å². The van der Waals surface area contributed by atoms with Gasteiger partial charge in [-0.25, -0.2) is 14.4 Å². The number of nitrogens with zero attached hydrogens (tertiary/aromatic N) is 3. The molecule has 1 aliphatic carbocycles. The van der Waals surface area contributed by atoms with Gasteiger partial charge in [-0.2, -0.15) is 0 Å². The van der Waals surface area contributed by atoms with Crippen LogP contribution in [-0.4, -0.2) is 22.4 Å². The van der Waals surface area contributed by atoms with Gasteiger partial charge in [0.15, 0.2) is 0 Å². The summed E-state index contributed by atoms with van der Waals surface area (Å²) in [5, 5.41) is 2.98. The van der Waals surface area contributed by atoms with E-state index in [1.54, 1.807) is 6.07 Å². The van der Waals surface area contributed by atoms with E-state index in [1.165, 1.54) is 11.6 Å². The highest BCUT2D eigenvalue weighted by molar-refractivity contribution is 5.92. The Hall–Kier alpha value is -2.50. The summed E-state index contributed by atoms with van der Waals surface area (Å²) in [6.07, 6.45) is 1.42. The Balaban J connectivity index is 1.58. The van der Waals surface area contributed by atoms with Crippen LogP contribution in [0.4, 0.5) is 16.0 Å². The van der Waals surface area contributed by atoms with Crippen molar-refractivity contribution >= 4 is 17.5 Å². The lowest BCUT2D eigenvalue weighted by atomic mass is 9.92. The second-order valence-electron chi connectivity index (χ2n) is 9.23.